The zero-order valence-corrected chi connectivity index (χ0v) is 7.43. The Bertz CT molecular complexity index is 126. The van der Waals surface area contributed by atoms with Crippen LogP contribution in [0.2, 0.25) is 0 Å². The molecule has 0 aromatic rings. The van der Waals surface area contributed by atoms with Gasteiger partial charge in [0, 0.05) is 12.8 Å². The minimum Gasteiger partial charge on any atom is -0.596 e. The molecule has 0 aromatic carbocycles. The van der Waals surface area contributed by atoms with E-state index in [4.69, 9.17) is 10.8 Å². The first-order chi connectivity index (χ1) is 5.70. The Balaban J connectivity index is 2.24. The Morgan fingerprint density at radius 2 is 1.92 bits per heavy atom. The molecule has 1 aliphatic carbocycles. The Morgan fingerprint density at radius 1 is 1.33 bits per heavy atom. The Labute approximate surface area is 72.5 Å². The Hall–Kier alpha value is -0.200. The van der Waals surface area contributed by atoms with Crippen molar-refractivity contribution in [3.8, 4) is 0 Å². The molecule has 1 aliphatic rings. The van der Waals surface area contributed by atoms with E-state index < -0.39 is 0 Å². The van der Waals surface area contributed by atoms with Gasteiger partial charge in [0.1, 0.15) is 13.1 Å². The molecule has 3 N–H and O–H groups in total. The molecule has 2 unspecified atom stereocenters. The van der Waals surface area contributed by atoms with Gasteiger partial charge in [-0.15, -0.1) is 0 Å². The molecule has 0 aliphatic heterocycles. The summed E-state index contributed by atoms with van der Waals surface area (Å²) >= 11 is 0. The third-order valence-corrected chi connectivity index (χ3v) is 2.23. The smallest absolute Gasteiger partial charge is 0.112 e. The third kappa shape index (κ3) is 3.04. The quantitative estimate of drug-likeness (QED) is 0.542. The minimum atomic E-state index is -0.370. The van der Waals surface area contributed by atoms with Crippen LogP contribution in [0.15, 0.2) is 0 Å². The summed E-state index contributed by atoms with van der Waals surface area (Å²) in [6, 6.07) is 0.197. The molecule has 0 aromatic heterocycles. The summed E-state index contributed by atoms with van der Waals surface area (Å²) in [5.41, 5.74) is 0. The van der Waals surface area contributed by atoms with Crippen molar-refractivity contribution in [2.45, 2.75) is 38.1 Å². The van der Waals surface area contributed by atoms with Gasteiger partial charge in [0.05, 0.1) is 0 Å². The lowest BCUT2D eigenvalue weighted by Gasteiger charge is -2.31. The monoisotopic (exact) mass is 175 g/mol. The molecule has 0 radical (unpaired) electrons. The molecular weight excluding hydrogens is 158 g/mol. The fourth-order valence-electron chi connectivity index (χ4n) is 1.60. The number of hydrogen-bond acceptors (Lipinski definition) is 2. The molecule has 0 bridgehead atoms. The highest BCUT2D eigenvalue weighted by Crippen LogP contribution is 2.15. The lowest BCUT2D eigenvalue weighted by Crippen LogP contribution is -3.25. The number of hydroxylamine groups is 3. The fraction of sp³-hybridized carbons (Fsp3) is 1.00. The summed E-state index contributed by atoms with van der Waals surface area (Å²) in [5.74, 6) is 7.47. The van der Waals surface area contributed by atoms with Gasteiger partial charge in [-0.3, -0.25) is 0 Å². The summed E-state index contributed by atoms with van der Waals surface area (Å²) in [5, 5.41) is 10.3. The van der Waals surface area contributed by atoms with Crippen molar-refractivity contribution >= 4 is 0 Å². The van der Waals surface area contributed by atoms with Gasteiger partial charge >= 0.3 is 0 Å². The second kappa shape index (κ2) is 4.74. The summed E-state index contributed by atoms with van der Waals surface area (Å²) in [6.45, 7) is 0. The van der Waals surface area contributed by atoms with E-state index in [-0.39, 0.29) is 16.4 Å². The standard InChI is InChI=1S/C7H17N3O2/c1-9(11)12-10(8)7-5-3-2-4-6-7/h7-10H,2-6H2,1H3. The van der Waals surface area contributed by atoms with Crippen molar-refractivity contribution in [2.75, 3.05) is 7.05 Å². The van der Waals surface area contributed by atoms with Crippen LogP contribution in [0.4, 0.5) is 0 Å². The number of rotatable bonds is 3. The third-order valence-electron chi connectivity index (χ3n) is 2.23. The number of quaternary nitrogens is 2. The van der Waals surface area contributed by atoms with Crippen LogP contribution in [0.3, 0.4) is 0 Å². The molecule has 72 valence electrons. The van der Waals surface area contributed by atoms with Crippen molar-refractivity contribution in [3.63, 3.8) is 0 Å². The van der Waals surface area contributed by atoms with Crippen molar-refractivity contribution in [1.82, 2.24) is 0 Å². The van der Waals surface area contributed by atoms with E-state index in [9.17, 15) is 5.21 Å². The zero-order chi connectivity index (χ0) is 8.97. The lowest BCUT2D eigenvalue weighted by atomic mass is 9.96. The van der Waals surface area contributed by atoms with Gasteiger partial charge in [-0.05, 0) is 17.8 Å². The first-order valence-electron chi connectivity index (χ1n) is 4.47. The van der Waals surface area contributed by atoms with E-state index in [2.05, 4.69) is 0 Å². The van der Waals surface area contributed by atoms with E-state index in [0.29, 0.717) is 0 Å². The molecule has 0 spiro atoms. The molecular formula is C7H17N3O2. The van der Waals surface area contributed by atoms with Gasteiger partial charge in [-0.2, -0.15) is 5.23 Å². The van der Waals surface area contributed by atoms with Crippen LogP contribution in [0, 0.1) is 5.21 Å². The van der Waals surface area contributed by atoms with E-state index in [1.807, 2.05) is 0 Å². The highest BCUT2D eigenvalue weighted by Gasteiger charge is 2.21. The molecule has 0 heterocycles. The minimum absolute atomic E-state index is 0.169. The van der Waals surface area contributed by atoms with Crippen LogP contribution in [-0.4, -0.2) is 13.1 Å². The molecule has 1 fully saturated rings. The summed E-state index contributed by atoms with van der Waals surface area (Å²) in [4.78, 5) is 4.73. The van der Waals surface area contributed by atoms with Gasteiger partial charge in [0.2, 0.25) is 0 Å². The average Bonchev–Trinajstić information content (AvgIpc) is 2.05. The highest BCUT2D eigenvalue weighted by molar-refractivity contribution is 4.62. The van der Waals surface area contributed by atoms with E-state index in [1.54, 1.807) is 0 Å². The maximum absolute atomic E-state index is 10.5. The number of hydrogen-bond donors (Lipinski definition) is 2. The molecule has 5 heteroatoms. The van der Waals surface area contributed by atoms with Crippen molar-refractivity contribution < 1.29 is 15.3 Å². The van der Waals surface area contributed by atoms with Crippen LogP contribution in [0.25, 0.3) is 5.84 Å². The maximum Gasteiger partial charge on any atom is 0.112 e. The highest BCUT2D eigenvalue weighted by atomic mass is 17.0. The second-order valence-electron chi connectivity index (χ2n) is 3.29. The van der Waals surface area contributed by atoms with E-state index in [0.717, 1.165) is 25.7 Å². The van der Waals surface area contributed by atoms with Crippen LogP contribution in [0.5, 0.6) is 0 Å². The van der Waals surface area contributed by atoms with E-state index >= 15 is 0 Å². The Kier molecular flexibility index (Phi) is 3.90. The molecule has 12 heavy (non-hydrogen) atoms. The molecule has 0 saturated heterocycles. The van der Waals surface area contributed by atoms with Crippen molar-refractivity contribution in [1.29, 1.82) is 0 Å². The average molecular weight is 175 g/mol. The van der Waals surface area contributed by atoms with Gasteiger partial charge in [-0.25, -0.2) is 5.17 Å². The lowest BCUT2D eigenvalue weighted by molar-refractivity contribution is -1.31. The second-order valence-corrected chi connectivity index (χ2v) is 3.29. The fourth-order valence-corrected chi connectivity index (χ4v) is 1.60. The maximum atomic E-state index is 10.5. The Morgan fingerprint density at radius 3 is 2.42 bits per heavy atom. The van der Waals surface area contributed by atoms with Crippen LogP contribution < -0.4 is 10.4 Å². The predicted octanol–water partition coefficient (Wildman–Crippen LogP) is -0.970. The normalized spacial score (nSPS) is 25.2. The SMILES string of the molecule is C[NH+]([O-])O[NH+]([NH-])C1CCCCC1. The first-order valence-corrected chi connectivity index (χ1v) is 4.47. The molecule has 1 saturated carbocycles. The zero-order valence-electron chi connectivity index (χ0n) is 7.43. The molecule has 5 nitrogen and oxygen atoms in total. The van der Waals surface area contributed by atoms with Crippen LogP contribution in [-0.2, 0) is 4.94 Å². The molecule has 0 amide bonds. The summed E-state index contributed by atoms with van der Waals surface area (Å²) in [7, 11) is 1.34. The van der Waals surface area contributed by atoms with E-state index in [1.165, 1.54) is 13.5 Å². The van der Waals surface area contributed by atoms with Gasteiger partial charge < -0.3 is 11.0 Å². The molecule has 2 atom stereocenters. The van der Waals surface area contributed by atoms with Gasteiger partial charge in [-0.1, -0.05) is 6.42 Å². The number of nitrogens with one attached hydrogen (secondary N) is 3. The van der Waals surface area contributed by atoms with Crippen molar-refractivity contribution in [3.05, 3.63) is 11.0 Å². The van der Waals surface area contributed by atoms with Gasteiger partial charge in [0.25, 0.3) is 0 Å². The molecule has 1 rings (SSSR count). The summed E-state index contributed by atoms with van der Waals surface area (Å²) < 4.78 is 0. The van der Waals surface area contributed by atoms with Crippen molar-refractivity contribution in [2.24, 2.45) is 0 Å². The topological polar surface area (TPSA) is 65.0 Å². The van der Waals surface area contributed by atoms with Crippen LogP contribution >= 0.6 is 0 Å². The van der Waals surface area contributed by atoms with Crippen LogP contribution in [0.1, 0.15) is 32.1 Å². The van der Waals surface area contributed by atoms with Gasteiger partial charge in [0.15, 0.2) is 0 Å². The summed E-state index contributed by atoms with van der Waals surface area (Å²) in [6.07, 6.45) is 5.59. The largest absolute Gasteiger partial charge is 0.596 e. The predicted molar refractivity (Wildman–Crippen MR) is 43.5 cm³/mol. The first kappa shape index (κ1) is 9.88.